The fraction of sp³-hybridized carbons (Fsp3) is 0.900. The predicted molar refractivity (Wildman–Crippen MR) is 97.6 cm³/mol. The number of nitrogens with one attached hydrogen (secondary N) is 2. The van der Waals surface area contributed by atoms with E-state index in [-0.39, 0.29) is 17.7 Å². The van der Waals surface area contributed by atoms with Gasteiger partial charge in [0.05, 0.1) is 0 Å². The van der Waals surface area contributed by atoms with Gasteiger partial charge in [0, 0.05) is 12.5 Å². The lowest BCUT2D eigenvalue weighted by molar-refractivity contribution is -0.137. The average molecular weight is 337 g/mol. The molecular weight excluding hydrogens is 300 g/mol. The SMILES string of the molecule is CCCCC1CCC(C(=O)NC2(C(=O)NCC)CCCCC2)CC1. The van der Waals surface area contributed by atoms with Crippen molar-refractivity contribution in [2.75, 3.05) is 6.54 Å². The predicted octanol–water partition coefficient (Wildman–Crippen LogP) is 3.94. The number of rotatable bonds is 7. The van der Waals surface area contributed by atoms with Gasteiger partial charge in [-0.3, -0.25) is 9.59 Å². The van der Waals surface area contributed by atoms with Crippen LogP contribution in [0.5, 0.6) is 0 Å². The molecule has 2 N–H and O–H groups in total. The van der Waals surface area contributed by atoms with Crippen LogP contribution in [0.3, 0.4) is 0 Å². The Balaban J connectivity index is 1.90. The minimum atomic E-state index is -0.648. The molecule has 0 aromatic carbocycles. The molecule has 2 amide bonds. The largest absolute Gasteiger partial charge is 0.354 e. The Hall–Kier alpha value is -1.06. The van der Waals surface area contributed by atoms with Crippen molar-refractivity contribution in [3.05, 3.63) is 0 Å². The van der Waals surface area contributed by atoms with Crippen molar-refractivity contribution in [3.63, 3.8) is 0 Å². The molecule has 0 radical (unpaired) electrons. The van der Waals surface area contributed by atoms with Crippen LogP contribution in [-0.4, -0.2) is 23.9 Å². The van der Waals surface area contributed by atoms with Gasteiger partial charge in [0.25, 0.3) is 0 Å². The van der Waals surface area contributed by atoms with E-state index in [1.807, 2.05) is 6.92 Å². The Bertz CT molecular complexity index is 408. The van der Waals surface area contributed by atoms with Gasteiger partial charge in [0.15, 0.2) is 0 Å². The molecule has 2 fully saturated rings. The highest BCUT2D eigenvalue weighted by molar-refractivity contribution is 5.92. The van der Waals surface area contributed by atoms with Gasteiger partial charge in [0.1, 0.15) is 5.54 Å². The number of unbranched alkanes of at least 4 members (excludes halogenated alkanes) is 1. The summed E-state index contributed by atoms with van der Waals surface area (Å²) in [7, 11) is 0. The van der Waals surface area contributed by atoms with Gasteiger partial charge >= 0.3 is 0 Å². The highest BCUT2D eigenvalue weighted by atomic mass is 16.2. The molecule has 0 aromatic heterocycles. The van der Waals surface area contributed by atoms with Gasteiger partial charge in [-0.1, -0.05) is 45.4 Å². The van der Waals surface area contributed by atoms with Gasteiger partial charge in [0.2, 0.25) is 11.8 Å². The first kappa shape index (κ1) is 19.3. The van der Waals surface area contributed by atoms with Crippen LogP contribution in [0, 0.1) is 11.8 Å². The molecule has 0 atom stereocenters. The van der Waals surface area contributed by atoms with Crippen LogP contribution < -0.4 is 10.6 Å². The van der Waals surface area contributed by atoms with E-state index in [9.17, 15) is 9.59 Å². The lowest BCUT2D eigenvalue weighted by atomic mass is 9.77. The monoisotopic (exact) mass is 336 g/mol. The third-order valence-electron chi connectivity index (χ3n) is 6.03. The van der Waals surface area contributed by atoms with E-state index in [1.165, 1.54) is 38.5 Å². The molecule has 4 heteroatoms. The summed E-state index contributed by atoms with van der Waals surface area (Å²) < 4.78 is 0. The van der Waals surface area contributed by atoms with Crippen LogP contribution >= 0.6 is 0 Å². The van der Waals surface area contributed by atoms with Crippen molar-refractivity contribution < 1.29 is 9.59 Å². The molecule has 0 heterocycles. The van der Waals surface area contributed by atoms with E-state index in [0.717, 1.165) is 44.4 Å². The number of carbonyl (C=O) groups excluding carboxylic acids is 2. The lowest BCUT2D eigenvalue weighted by Gasteiger charge is -2.38. The maximum absolute atomic E-state index is 12.8. The Morgan fingerprint density at radius 1 is 1.00 bits per heavy atom. The van der Waals surface area contributed by atoms with Crippen LogP contribution in [0.25, 0.3) is 0 Å². The van der Waals surface area contributed by atoms with E-state index in [1.54, 1.807) is 0 Å². The average Bonchev–Trinajstić information content (AvgIpc) is 2.61. The Labute approximate surface area is 147 Å². The third kappa shape index (κ3) is 4.97. The van der Waals surface area contributed by atoms with Gasteiger partial charge in [-0.2, -0.15) is 0 Å². The molecule has 138 valence electrons. The second-order valence-electron chi connectivity index (χ2n) is 7.85. The molecule has 2 rings (SSSR count). The first-order valence-electron chi connectivity index (χ1n) is 10.2. The molecule has 4 nitrogen and oxygen atoms in total. The van der Waals surface area contributed by atoms with Crippen molar-refractivity contribution >= 4 is 11.8 Å². The summed E-state index contributed by atoms with van der Waals surface area (Å²) in [6, 6.07) is 0. The Morgan fingerprint density at radius 2 is 1.67 bits per heavy atom. The van der Waals surface area contributed by atoms with Crippen molar-refractivity contribution in [2.24, 2.45) is 11.8 Å². The number of carbonyl (C=O) groups is 2. The minimum absolute atomic E-state index is 0.0229. The van der Waals surface area contributed by atoms with Crippen LogP contribution in [0.2, 0.25) is 0 Å². The third-order valence-corrected chi connectivity index (χ3v) is 6.03. The zero-order valence-electron chi connectivity index (χ0n) is 15.7. The maximum atomic E-state index is 12.8. The molecule has 0 unspecified atom stereocenters. The van der Waals surface area contributed by atoms with Gasteiger partial charge in [-0.25, -0.2) is 0 Å². The fourth-order valence-electron chi connectivity index (χ4n) is 4.44. The molecule has 0 bridgehead atoms. The molecule has 0 saturated heterocycles. The summed E-state index contributed by atoms with van der Waals surface area (Å²) in [6.07, 6.45) is 13.0. The van der Waals surface area contributed by atoms with Crippen LogP contribution in [0.4, 0.5) is 0 Å². The van der Waals surface area contributed by atoms with E-state index in [0.29, 0.717) is 6.54 Å². The lowest BCUT2D eigenvalue weighted by Crippen LogP contribution is -2.60. The normalized spacial score (nSPS) is 26.6. The first-order chi connectivity index (χ1) is 11.6. The van der Waals surface area contributed by atoms with E-state index < -0.39 is 5.54 Å². The Kier molecular flexibility index (Phi) is 7.57. The zero-order valence-corrected chi connectivity index (χ0v) is 15.7. The first-order valence-corrected chi connectivity index (χ1v) is 10.2. The van der Waals surface area contributed by atoms with Gasteiger partial charge in [-0.05, 0) is 51.4 Å². The van der Waals surface area contributed by atoms with Crippen LogP contribution in [0.1, 0.15) is 90.9 Å². The summed E-state index contributed by atoms with van der Waals surface area (Å²) in [5.74, 6) is 1.06. The molecule has 2 saturated carbocycles. The second-order valence-corrected chi connectivity index (χ2v) is 7.85. The number of likely N-dealkylation sites (N-methyl/N-ethyl adjacent to an activating group) is 1. The van der Waals surface area contributed by atoms with Crippen LogP contribution in [-0.2, 0) is 9.59 Å². The van der Waals surface area contributed by atoms with Gasteiger partial charge in [-0.15, -0.1) is 0 Å². The summed E-state index contributed by atoms with van der Waals surface area (Å²) in [4.78, 5) is 25.4. The fourth-order valence-corrected chi connectivity index (χ4v) is 4.44. The summed E-state index contributed by atoms with van der Waals surface area (Å²) in [6.45, 7) is 4.80. The number of hydrogen-bond acceptors (Lipinski definition) is 2. The quantitative estimate of drug-likeness (QED) is 0.740. The van der Waals surface area contributed by atoms with Crippen molar-refractivity contribution in [1.29, 1.82) is 0 Å². The molecule has 0 spiro atoms. The smallest absolute Gasteiger partial charge is 0.245 e. The zero-order chi connectivity index (χ0) is 17.4. The standard InChI is InChI=1S/C20H36N2O2/c1-3-5-9-16-10-12-17(13-11-16)18(23)22-20(19(24)21-4-2)14-7-6-8-15-20/h16-17H,3-15H2,1-2H3,(H,21,24)(H,22,23). The number of amides is 2. The molecule has 0 aliphatic heterocycles. The van der Waals surface area contributed by atoms with E-state index in [2.05, 4.69) is 17.6 Å². The highest BCUT2D eigenvalue weighted by Crippen LogP contribution is 2.34. The maximum Gasteiger partial charge on any atom is 0.245 e. The molecule has 24 heavy (non-hydrogen) atoms. The molecular formula is C20H36N2O2. The van der Waals surface area contributed by atoms with E-state index in [4.69, 9.17) is 0 Å². The summed E-state index contributed by atoms with van der Waals surface area (Å²) in [5, 5.41) is 6.13. The molecule has 2 aliphatic carbocycles. The van der Waals surface area contributed by atoms with E-state index >= 15 is 0 Å². The van der Waals surface area contributed by atoms with Crippen LogP contribution in [0.15, 0.2) is 0 Å². The molecule has 2 aliphatic rings. The summed E-state index contributed by atoms with van der Waals surface area (Å²) in [5.41, 5.74) is -0.648. The topological polar surface area (TPSA) is 58.2 Å². The second kappa shape index (κ2) is 9.43. The number of hydrogen-bond donors (Lipinski definition) is 2. The summed E-state index contributed by atoms with van der Waals surface area (Å²) >= 11 is 0. The van der Waals surface area contributed by atoms with Crippen molar-refractivity contribution in [2.45, 2.75) is 96.4 Å². The molecule has 0 aromatic rings. The Morgan fingerprint density at radius 3 is 2.25 bits per heavy atom. The highest BCUT2D eigenvalue weighted by Gasteiger charge is 2.42. The van der Waals surface area contributed by atoms with Crippen molar-refractivity contribution in [3.8, 4) is 0 Å². The minimum Gasteiger partial charge on any atom is -0.354 e. The van der Waals surface area contributed by atoms with Gasteiger partial charge < -0.3 is 10.6 Å². The van der Waals surface area contributed by atoms with Crippen molar-refractivity contribution in [1.82, 2.24) is 10.6 Å².